The molecule has 5 aliphatic rings. The minimum atomic E-state index is -4.04. The third-order valence-corrected chi connectivity index (χ3v) is 16.9. The molecule has 1 N–H and O–H groups in total. The van der Waals surface area contributed by atoms with Gasteiger partial charge in [0, 0.05) is 30.7 Å². The Hall–Kier alpha value is -5.32. The van der Waals surface area contributed by atoms with Crippen molar-refractivity contribution in [1.29, 1.82) is 0 Å². The van der Waals surface area contributed by atoms with Crippen LogP contribution in [0.2, 0.25) is 0 Å². The third kappa shape index (κ3) is 9.85. The molecule has 4 heterocycles. The number of halogens is 2. The summed E-state index contributed by atoms with van der Waals surface area (Å²) >= 11 is 0. The number of ether oxygens (including phenoxy) is 5. The van der Waals surface area contributed by atoms with Crippen molar-refractivity contribution in [2.45, 2.75) is 128 Å². The SMILES string of the molecule is COc1ccc2c(OC3C[C@H]4C(=O)C[C@]5(C(=O)NS(=O)(=O)C6(C)CC6)C[C@H]5/C=C\CC[C@@H](C)C[C@@H](C)[C@H](CC(=O)OC(C)(C)C(C)(F)F)C(=O)N4C3)nc(-c3ccc4c(c3)OCCO4)cc2c1. The summed E-state index contributed by atoms with van der Waals surface area (Å²) in [6.07, 6.45) is 4.96. The molecule has 7 atom stereocenters. The van der Waals surface area contributed by atoms with Crippen LogP contribution in [0.3, 0.4) is 0 Å². The van der Waals surface area contributed by atoms with E-state index in [1.165, 1.54) is 4.90 Å². The summed E-state index contributed by atoms with van der Waals surface area (Å²) in [5.74, 6) is -6.09. The topological polar surface area (TPSA) is 177 Å². The largest absolute Gasteiger partial charge is 0.497 e. The zero-order chi connectivity index (χ0) is 48.3. The number of nitrogens with one attached hydrogen (secondary N) is 1. The van der Waals surface area contributed by atoms with Crippen molar-refractivity contribution in [2.24, 2.45) is 29.1 Å². The molecule has 2 amide bonds. The van der Waals surface area contributed by atoms with Gasteiger partial charge >= 0.3 is 5.97 Å². The molecule has 0 radical (unpaired) electrons. The van der Waals surface area contributed by atoms with Gasteiger partial charge in [-0.15, -0.1) is 0 Å². The summed E-state index contributed by atoms with van der Waals surface area (Å²) in [7, 11) is -2.48. The van der Waals surface area contributed by atoms with Crippen LogP contribution in [0.25, 0.3) is 22.0 Å². The molecule has 8 rings (SSSR count). The van der Waals surface area contributed by atoms with Crippen molar-refractivity contribution < 1.29 is 60.1 Å². The van der Waals surface area contributed by atoms with Gasteiger partial charge < -0.3 is 28.6 Å². The molecule has 0 bridgehead atoms. The number of fused-ring (bicyclic) bond motifs is 4. The Kier molecular flexibility index (Phi) is 12.9. The van der Waals surface area contributed by atoms with Crippen molar-refractivity contribution >= 4 is 44.4 Å². The summed E-state index contributed by atoms with van der Waals surface area (Å²) in [5, 5.41) is 1.35. The highest BCUT2D eigenvalue weighted by Gasteiger charge is 2.63. The van der Waals surface area contributed by atoms with Gasteiger partial charge in [0.15, 0.2) is 22.9 Å². The van der Waals surface area contributed by atoms with Gasteiger partial charge in [-0.25, -0.2) is 22.2 Å². The first-order chi connectivity index (χ1) is 31.5. The number of aromatic nitrogens is 1. The van der Waals surface area contributed by atoms with E-state index in [4.69, 9.17) is 28.7 Å². The number of allylic oxidation sites excluding steroid dienone is 2. The number of ketones is 1. The molecule has 2 aliphatic carbocycles. The van der Waals surface area contributed by atoms with E-state index in [2.05, 4.69) is 4.72 Å². The van der Waals surface area contributed by atoms with Crippen LogP contribution in [0.4, 0.5) is 8.78 Å². The number of hydrogen-bond acceptors (Lipinski definition) is 12. The van der Waals surface area contributed by atoms with E-state index >= 15 is 4.79 Å². The molecule has 1 aromatic heterocycles. The lowest BCUT2D eigenvalue weighted by Gasteiger charge is -2.34. The lowest BCUT2D eigenvalue weighted by Crippen LogP contribution is -2.49. The summed E-state index contributed by atoms with van der Waals surface area (Å²) in [4.78, 5) is 64.4. The van der Waals surface area contributed by atoms with Gasteiger partial charge in [0.05, 0.1) is 47.9 Å². The predicted octanol–water partition coefficient (Wildman–Crippen LogP) is 7.99. The van der Waals surface area contributed by atoms with Crippen LogP contribution < -0.4 is 23.7 Å². The Bertz CT molecular complexity index is 2590. The molecule has 1 saturated heterocycles. The van der Waals surface area contributed by atoms with Gasteiger partial charge in [0.2, 0.25) is 27.7 Å². The van der Waals surface area contributed by atoms with E-state index in [9.17, 15) is 31.6 Å². The predicted molar refractivity (Wildman–Crippen MR) is 244 cm³/mol. The number of hydrogen-bond donors (Lipinski definition) is 1. The van der Waals surface area contributed by atoms with E-state index in [0.29, 0.717) is 86.1 Å². The molecule has 3 aromatic rings. The number of methoxy groups -OCH3 is 1. The smallest absolute Gasteiger partial charge is 0.307 e. The molecule has 14 nitrogen and oxygen atoms in total. The van der Waals surface area contributed by atoms with E-state index in [1.807, 2.05) is 50.3 Å². The van der Waals surface area contributed by atoms with Crippen LogP contribution in [0, 0.1) is 29.1 Å². The van der Waals surface area contributed by atoms with Gasteiger partial charge in [0.25, 0.3) is 5.92 Å². The van der Waals surface area contributed by atoms with Crippen molar-refractivity contribution in [2.75, 3.05) is 26.9 Å². The number of benzene rings is 2. The monoisotopic (exact) mass is 949 g/mol. The molecule has 0 spiro atoms. The summed E-state index contributed by atoms with van der Waals surface area (Å²) in [6.45, 7) is 9.03. The van der Waals surface area contributed by atoms with Crippen molar-refractivity contribution in [1.82, 2.24) is 14.6 Å². The zero-order valence-electron chi connectivity index (χ0n) is 39.2. The summed E-state index contributed by atoms with van der Waals surface area (Å²) < 4.78 is 86.5. The van der Waals surface area contributed by atoms with Gasteiger partial charge in [-0.2, -0.15) is 0 Å². The lowest BCUT2D eigenvalue weighted by molar-refractivity contribution is -0.197. The standard InChI is InChI=1S/C50H61F2N3O11S/c1-29-10-8-9-11-33-26-50(33,46(59)54-67(60,61)48(5)16-17-48)27-40(56)39-24-35(28-55(39)45(58)37(30(2)20-29)25-43(57)66-47(3,4)49(6,51)52)65-44-36-14-13-34(62-7)21-32(36)22-38(53-44)31-12-15-41-42(23-31)64-19-18-63-41/h9,11-15,21-23,29-30,33,35,37,39H,8,10,16-20,24-28H2,1-7H3,(H,54,59)/b11-9-/t29-,30-,33-,35?,37+,39+,50-/m1/s1. The second-order valence-electron chi connectivity index (χ2n) is 20.2. The average molecular weight is 950 g/mol. The molecule has 362 valence electrons. The highest BCUT2D eigenvalue weighted by Crippen LogP contribution is 2.58. The molecule has 67 heavy (non-hydrogen) atoms. The Morgan fingerprint density at radius 3 is 2.43 bits per heavy atom. The number of rotatable bonds is 11. The molecule has 1 unspecified atom stereocenters. The van der Waals surface area contributed by atoms with Crippen LogP contribution in [0.5, 0.6) is 23.1 Å². The molecule has 2 aromatic carbocycles. The van der Waals surface area contributed by atoms with Crippen LogP contribution in [0.15, 0.2) is 54.6 Å². The Labute approximate surface area is 390 Å². The number of carbonyl (C=O) groups excluding carboxylic acids is 4. The van der Waals surface area contributed by atoms with Crippen molar-refractivity contribution in [3.05, 3.63) is 54.6 Å². The Morgan fingerprint density at radius 2 is 1.73 bits per heavy atom. The molecule has 17 heteroatoms. The summed E-state index contributed by atoms with van der Waals surface area (Å²) in [5.41, 5.74) is -2.31. The van der Waals surface area contributed by atoms with Crippen LogP contribution in [0.1, 0.15) is 99.3 Å². The maximum atomic E-state index is 15.2. The second-order valence-corrected chi connectivity index (χ2v) is 22.4. The fraction of sp³-hybridized carbons (Fsp3) is 0.580. The van der Waals surface area contributed by atoms with Crippen LogP contribution in [-0.4, -0.2) is 97.2 Å². The van der Waals surface area contributed by atoms with Crippen molar-refractivity contribution in [3.63, 3.8) is 0 Å². The van der Waals surface area contributed by atoms with Gasteiger partial charge in [-0.1, -0.05) is 26.0 Å². The Morgan fingerprint density at radius 1 is 1.00 bits per heavy atom. The number of pyridine rings is 1. The van der Waals surface area contributed by atoms with Crippen LogP contribution >= 0.6 is 0 Å². The van der Waals surface area contributed by atoms with Gasteiger partial charge in [-0.3, -0.25) is 23.9 Å². The number of Topliss-reactive ketones (excluding diaryl/α,β-unsaturated/α-hetero) is 1. The fourth-order valence-electron chi connectivity index (χ4n) is 9.61. The molecule has 3 fully saturated rings. The van der Waals surface area contributed by atoms with E-state index in [-0.39, 0.29) is 37.6 Å². The fourth-order valence-corrected chi connectivity index (χ4v) is 10.9. The first-order valence-electron chi connectivity index (χ1n) is 23.2. The summed E-state index contributed by atoms with van der Waals surface area (Å²) in [6, 6.07) is 11.6. The number of sulfonamides is 1. The number of alkyl halides is 2. The number of carbonyl (C=O) groups is 4. The third-order valence-electron chi connectivity index (χ3n) is 14.7. The number of esters is 1. The number of amides is 2. The molecular formula is C50H61F2N3O11S. The Balaban J connectivity index is 1.16. The average Bonchev–Trinajstić information content (AvgIpc) is 4.15. The maximum absolute atomic E-state index is 15.2. The first kappa shape index (κ1) is 48.1. The zero-order valence-corrected chi connectivity index (χ0v) is 40.0. The molecule has 2 saturated carbocycles. The van der Waals surface area contributed by atoms with E-state index in [1.54, 1.807) is 32.2 Å². The van der Waals surface area contributed by atoms with Gasteiger partial charge in [0.1, 0.15) is 25.1 Å². The van der Waals surface area contributed by atoms with Gasteiger partial charge in [-0.05, 0) is 125 Å². The molecule has 3 aliphatic heterocycles. The highest BCUT2D eigenvalue weighted by atomic mass is 32.2. The first-order valence-corrected chi connectivity index (χ1v) is 24.7. The normalized spacial score (nSPS) is 28.0. The minimum absolute atomic E-state index is 0.0240. The van der Waals surface area contributed by atoms with E-state index < -0.39 is 91.6 Å². The number of nitrogens with zero attached hydrogens (tertiary/aromatic N) is 2. The minimum Gasteiger partial charge on any atom is -0.497 e. The highest BCUT2D eigenvalue weighted by molar-refractivity contribution is 7.91. The van der Waals surface area contributed by atoms with E-state index in [0.717, 1.165) is 19.2 Å². The van der Waals surface area contributed by atoms with Crippen LogP contribution in [-0.2, 0) is 33.9 Å². The quantitative estimate of drug-likeness (QED) is 0.145. The maximum Gasteiger partial charge on any atom is 0.307 e. The molecular weight excluding hydrogens is 889 g/mol. The lowest BCUT2D eigenvalue weighted by atomic mass is 9.82. The second kappa shape index (κ2) is 18.0. The van der Waals surface area contributed by atoms with Crippen molar-refractivity contribution in [3.8, 4) is 34.4 Å².